The van der Waals surface area contributed by atoms with Gasteiger partial charge in [-0.1, -0.05) is 12.1 Å². The third-order valence-electron chi connectivity index (χ3n) is 3.22. The van der Waals surface area contributed by atoms with E-state index in [0.717, 1.165) is 5.56 Å². The number of nitrogens with two attached hydrogens (primary N) is 1. The summed E-state index contributed by atoms with van der Waals surface area (Å²) in [6.07, 6.45) is 3.69. The van der Waals surface area contributed by atoms with Crippen LogP contribution in [-0.4, -0.2) is 43.8 Å². The van der Waals surface area contributed by atoms with Crippen molar-refractivity contribution in [2.45, 2.75) is 6.42 Å². The molecule has 0 aliphatic carbocycles. The van der Waals surface area contributed by atoms with E-state index >= 15 is 0 Å². The number of carbonyl (C=O) groups excluding carboxylic acids is 1. The Kier molecular flexibility index (Phi) is 4.44. The number of nitrogen functional groups attached to an aromatic ring is 1. The summed E-state index contributed by atoms with van der Waals surface area (Å²) in [7, 11) is -2.99. The largest absolute Gasteiger partial charge is 0.399 e. The summed E-state index contributed by atoms with van der Waals surface area (Å²) in [4.78, 5) is 13.6. The van der Waals surface area contributed by atoms with Gasteiger partial charge in [-0.25, -0.2) is 8.42 Å². The van der Waals surface area contributed by atoms with Crippen LogP contribution in [0.4, 0.5) is 5.69 Å². The molecule has 20 heavy (non-hydrogen) atoms. The van der Waals surface area contributed by atoms with Crippen molar-refractivity contribution in [1.29, 1.82) is 0 Å². The predicted molar refractivity (Wildman–Crippen MR) is 79.7 cm³/mol. The Labute approximate surface area is 119 Å². The lowest BCUT2D eigenvalue weighted by atomic mass is 10.2. The Hall–Kier alpha value is -1.82. The van der Waals surface area contributed by atoms with Gasteiger partial charge in [0.2, 0.25) is 5.91 Å². The van der Waals surface area contributed by atoms with Crippen LogP contribution in [0.3, 0.4) is 0 Å². The Morgan fingerprint density at radius 2 is 1.85 bits per heavy atom. The summed E-state index contributed by atoms with van der Waals surface area (Å²) in [5, 5.41) is 0. The smallest absolute Gasteiger partial charge is 0.246 e. The summed E-state index contributed by atoms with van der Waals surface area (Å²) in [6.45, 7) is 0.761. The number of hydrogen-bond acceptors (Lipinski definition) is 4. The highest BCUT2D eigenvalue weighted by Crippen LogP contribution is 2.09. The molecule has 5 nitrogen and oxygen atoms in total. The van der Waals surface area contributed by atoms with E-state index in [0.29, 0.717) is 18.7 Å². The standard InChI is InChI=1S/C14H18N2O3S/c15-13-5-2-12(3-6-13)4-7-14(17)16-8-1-10-20(18,19)11-9-16/h2-7H,1,8-11,15H2/b7-4+. The molecule has 108 valence electrons. The molecule has 0 saturated carbocycles. The molecule has 6 heteroatoms. The van der Waals surface area contributed by atoms with Crippen LogP contribution in [0.5, 0.6) is 0 Å². The van der Waals surface area contributed by atoms with Gasteiger partial charge in [-0.2, -0.15) is 0 Å². The minimum Gasteiger partial charge on any atom is -0.399 e. The van der Waals surface area contributed by atoms with Gasteiger partial charge in [-0.05, 0) is 30.2 Å². The topological polar surface area (TPSA) is 80.5 Å². The van der Waals surface area contributed by atoms with Crippen molar-refractivity contribution in [1.82, 2.24) is 4.90 Å². The van der Waals surface area contributed by atoms with E-state index in [1.54, 1.807) is 23.1 Å². The summed E-state index contributed by atoms with van der Waals surface area (Å²) in [6, 6.07) is 7.18. The van der Waals surface area contributed by atoms with Crippen molar-refractivity contribution < 1.29 is 13.2 Å². The molecule has 1 heterocycles. The second-order valence-corrected chi connectivity index (χ2v) is 7.13. The number of sulfone groups is 1. The summed E-state index contributed by atoms with van der Waals surface area (Å²) < 4.78 is 23.0. The van der Waals surface area contributed by atoms with Gasteiger partial charge in [0.05, 0.1) is 11.5 Å². The van der Waals surface area contributed by atoms with E-state index in [9.17, 15) is 13.2 Å². The van der Waals surface area contributed by atoms with Crippen LogP contribution in [0.2, 0.25) is 0 Å². The van der Waals surface area contributed by atoms with E-state index in [4.69, 9.17) is 5.73 Å². The zero-order valence-corrected chi connectivity index (χ0v) is 12.0. The Morgan fingerprint density at radius 1 is 1.15 bits per heavy atom. The number of amides is 1. The molecule has 1 aliphatic heterocycles. The van der Waals surface area contributed by atoms with Crippen LogP contribution in [0, 0.1) is 0 Å². The number of hydrogen-bond donors (Lipinski definition) is 1. The highest BCUT2D eigenvalue weighted by Gasteiger charge is 2.20. The van der Waals surface area contributed by atoms with Gasteiger partial charge in [0, 0.05) is 24.9 Å². The highest BCUT2D eigenvalue weighted by molar-refractivity contribution is 7.91. The molecule has 0 spiro atoms. The second-order valence-electron chi connectivity index (χ2n) is 4.83. The highest BCUT2D eigenvalue weighted by atomic mass is 32.2. The average Bonchev–Trinajstić information content (AvgIpc) is 2.59. The zero-order valence-electron chi connectivity index (χ0n) is 11.2. The molecule has 1 aromatic rings. The summed E-state index contributed by atoms with van der Waals surface area (Å²) >= 11 is 0. The zero-order chi connectivity index (χ0) is 14.6. The van der Waals surface area contributed by atoms with Gasteiger partial charge in [0.25, 0.3) is 0 Å². The lowest BCUT2D eigenvalue weighted by Crippen LogP contribution is -2.32. The first-order valence-electron chi connectivity index (χ1n) is 6.49. The summed E-state index contributed by atoms with van der Waals surface area (Å²) in [5.74, 6) is 0.0614. The van der Waals surface area contributed by atoms with Crippen molar-refractivity contribution in [3.05, 3.63) is 35.9 Å². The van der Waals surface area contributed by atoms with Crippen molar-refractivity contribution in [2.75, 3.05) is 30.3 Å². The monoisotopic (exact) mass is 294 g/mol. The van der Waals surface area contributed by atoms with Crippen molar-refractivity contribution >= 4 is 27.5 Å². The molecule has 0 atom stereocenters. The second kappa shape index (κ2) is 6.09. The third-order valence-corrected chi connectivity index (χ3v) is 4.94. The van der Waals surface area contributed by atoms with E-state index in [1.165, 1.54) is 6.08 Å². The van der Waals surface area contributed by atoms with Crippen LogP contribution >= 0.6 is 0 Å². The van der Waals surface area contributed by atoms with Gasteiger partial charge < -0.3 is 10.6 Å². The number of anilines is 1. The molecule has 0 aromatic heterocycles. The SMILES string of the molecule is Nc1ccc(/C=C/C(=O)N2CCCS(=O)(=O)CC2)cc1. The number of carbonyl (C=O) groups is 1. The van der Waals surface area contributed by atoms with Gasteiger partial charge in [-0.15, -0.1) is 0 Å². The average molecular weight is 294 g/mol. The molecule has 1 amide bonds. The number of rotatable bonds is 2. The van der Waals surface area contributed by atoms with Crippen LogP contribution < -0.4 is 5.73 Å². The minimum atomic E-state index is -2.99. The first-order valence-corrected chi connectivity index (χ1v) is 8.31. The molecule has 0 bridgehead atoms. The van der Waals surface area contributed by atoms with Crippen LogP contribution in [0.1, 0.15) is 12.0 Å². The molecule has 1 saturated heterocycles. The van der Waals surface area contributed by atoms with Crippen molar-refractivity contribution in [3.63, 3.8) is 0 Å². The van der Waals surface area contributed by atoms with Gasteiger partial charge in [0.15, 0.2) is 9.84 Å². The van der Waals surface area contributed by atoms with Crippen LogP contribution in [0.15, 0.2) is 30.3 Å². The summed E-state index contributed by atoms with van der Waals surface area (Å²) in [5.41, 5.74) is 7.14. The normalized spacial score (nSPS) is 18.9. The molecule has 1 fully saturated rings. The fourth-order valence-corrected chi connectivity index (χ4v) is 3.31. The van der Waals surface area contributed by atoms with Crippen molar-refractivity contribution in [3.8, 4) is 0 Å². The van der Waals surface area contributed by atoms with E-state index < -0.39 is 9.84 Å². The molecular weight excluding hydrogens is 276 g/mol. The fourth-order valence-electron chi connectivity index (χ4n) is 2.04. The lowest BCUT2D eigenvalue weighted by molar-refractivity contribution is -0.125. The fraction of sp³-hybridized carbons (Fsp3) is 0.357. The maximum absolute atomic E-state index is 12.0. The number of nitrogens with zero attached hydrogens (tertiary/aromatic N) is 1. The first-order chi connectivity index (χ1) is 9.46. The quantitative estimate of drug-likeness (QED) is 0.650. The van der Waals surface area contributed by atoms with Crippen molar-refractivity contribution in [2.24, 2.45) is 0 Å². The maximum Gasteiger partial charge on any atom is 0.246 e. The lowest BCUT2D eigenvalue weighted by Gasteiger charge is -2.17. The molecular formula is C14H18N2O3S. The minimum absolute atomic E-state index is 0.0501. The molecule has 2 rings (SSSR count). The Balaban J connectivity index is 1.99. The van der Waals surface area contributed by atoms with E-state index in [2.05, 4.69) is 0 Å². The Morgan fingerprint density at radius 3 is 2.55 bits per heavy atom. The molecule has 1 aliphatic rings. The van der Waals surface area contributed by atoms with E-state index in [-0.39, 0.29) is 24.0 Å². The molecule has 2 N–H and O–H groups in total. The Bertz CT molecular complexity index is 606. The predicted octanol–water partition coefficient (Wildman–Crippen LogP) is 0.929. The van der Waals surface area contributed by atoms with Gasteiger partial charge in [-0.3, -0.25) is 4.79 Å². The van der Waals surface area contributed by atoms with E-state index in [1.807, 2.05) is 12.1 Å². The first kappa shape index (κ1) is 14.6. The molecule has 0 unspecified atom stereocenters. The van der Waals surface area contributed by atoms with Crippen LogP contribution in [0.25, 0.3) is 6.08 Å². The van der Waals surface area contributed by atoms with Gasteiger partial charge >= 0.3 is 0 Å². The maximum atomic E-state index is 12.0. The third kappa shape index (κ3) is 4.09. The molecule has 1 aromatic carbocycles. The molecule has 0 radical (unpaired) electrons. The number of benzene rings is 1. The van der Waals surface area contributed by atoms with Crippen LogP contribution in [-0.2, 0) is 14.6 Å². The van der Waals surface area contributed by atoms with Gasteiger partial charge in [0.1, 0.15) is 0 Å².